The zero-order valence-corrected chi connectivity index (χ0v) is 16.7. The summed E-state index contributed by atoms with van der Waals surface area (Å²) >= 11 is 0. The highest BCUT2D eigenvalue weighted by Gasteiger charge is 2.14. The molecular formula is C23H25N3O2. The van der Waals surface area contributed by atoms with Gasteiger partial charge in [-0.05, 0) is 56.2 Å². The first-order valence-electron chi connectivity index (χ1n) is 9.22. The Labute approximate surface area is 166 Å². The van der Waals surface area contributed by atoms with Gasteiger partial charge in [-0.15, -0.1) is 0 Å². The molecule has 28 heavy (non-hydrogen) atoms. The molecule has 3 aromatic rings. The number of rotatable bonds is 5. The van der Waals surface area contributed by atoms with Crippen molar-refractivity contribution in [1.29, 1.82) is 0 Å². The summed E-state index contributed by atoms with van der Waals surface area (Å²) in [6, 6.07) is 15.6. The van der Waals surface area contributed by atoms with Crippen molar-refractivity contribution in [3.05, 3.63) is 78.4 Å². The number of ether oxygens (including phenoxy) is 1. The molecule has 0 fully saturated rings. The summed E-state index contributed by atoms with van der Waals surface area (Å²) < 4.78 is 5.86. The van der Waals surface area contributed by atoms with Crippen LogP contribution in [0, 0.1) is 0 Å². The molecule has 2 aromatic carbocycles. The molecule has 0 spiro atoms. The minimum Gasteiger partial charge on any atom is -0.488 e. The Balaban J connectivity index is 1.68. The largest absolute Gasteiger partial charge is 0.488 e. The SMILES string of the molecule is CN(Cc1cnccn1)C(=O)c1ccc(-c2ccc(OC(C)(C)C)cc2)cc1. The highest BCUT2D eigenvalue weighted by Crippen LogP contribution is 2.25. The summed E-state index contributed by atoms with van der Waals surface area (Å²) in [5, 5.41) is 0. The zero-order valence-electron chi connectivity index (χ0n) is 16.7. The number of benzene rings is 2. The minimum atomic E-state index is -0.221. The molecule has 5 heteroatoms. The molecule has 0 atom stereocenters. The Kier molecular flexibility index (Phi) is 5.73. The fourth-order valence-electron chi connectivity index (χ4n) is 2.82. The normalized spacial score (nSPS) is 11.1. The van der Waals surface area contributed by atoms with Crippen LogP contribution in [0.15, 0.2) is 67.1 Å². The van der Waals surface area contributed by atoms with E-state index in [-0.39, 0.29) is 11.5 Å². The standard InChI is InChI=1S/C23H25N3O2/c1-23(2,3)28-21-11-9-18(10-12-21)17-5-7-19(8-6-17)22(27)26(4)16-20-15-24-13-14-25-20/h5-15H,16H2,1-4H3. The molecular weight excluding hydrogens is 350 g/mol. The molecule has 0 radical (unpaired) electrons. The zero-order chi connectivity index (χ0) is 20.1. The highest BCUT2D eigenvalue weighted by atomic mass is 16.5. The number of hydrogen-bond acceptors (Lipinski definition) is 4. The predicted octanol–water partition coefficient (Wildman–Crippen LogP) is 4.59. The van der Waals surface area contributed by atoms with E-state index >= 15 is 0 Å². The van der Waals surface area contributed by atoms with Crippen LogP contribution >= 0.6 is 0 Å². The van der Waals surface area contributed by atoms with Crippen LogP contribution in [-0.4, -0.2) is 33.4 Å². The Morgan fingerprint density at radius 1 is 0.964 bits per heavy atom. The number of nitrogens with zero attached hydrogens (tertiary/aromatic N) is 3. The first-order chi connectivity index (χ1) is 13.3. The molecule has 5 nitrogen and oxygen atoms in total. The van der Waals surface area contributed by atoms with E-state index in [0.29, 0.717) is 12.1 Å². The molecule has 0 saturated carbocycles. The third-order valence-corrected chi connectivity index (χ3v) is 4.11. The van der Waals surface area contributed by atoms with Crippen LogP contribution in [0.25, 0.3) is 11.1 Å². The van der Waals surface area contributed by atoms with Gasteiger partial charge in [-0.25, -0.2) is 0 Å². The molecule has 1 aromatic heterocycles. The van der Waals surface area contributed by atoms with E-state index < -0.39 is 0 Å². The third kappa shape index (κ3) is 5.16. The van der Waals surface area contributed by atoms with Crippen LogP contribution in [0.3, 0.4) is 0 Å². The van der Waals surface area contributed by atoms with Crippen molar-refractivity contribution in [2.45, 2.75) is 32.9 Å². The van der Waals surface area contributed by atoms with E-state index in [1.165, 1.54) is 0 Å². The smallest absolute Gasteiger partial charge is 0.253 e. The van der Waals surface area contributed by atoms with Gasteiger partial charge >= 0.3 is 0 Å². The Hall–Kier alpha value is -3.21. The van der Waals surface area contributed by atoms with E-state index in [4.69, 9.17) is 4.74 Å². The Morgan fingerprint density at radius 3 is 2.11 bits per heavy atom. The molecule has 0 aliphatic rings. The molecule has 0 aliphatic heterocycles. The summed E-state index contributed by atoms with van der Waals surface area (Å²) in [5.41, 5.74) is 3.31. The second kappa shape index (κ2) is 8.21. The quantitative estimate of drug-likeness (QED) is 0.654. The molecule has 0 saturated heterocycles. The van der Waals surface area contributed by atoms with Gasteiger partial charge in [0.2, 0.25) is 0 Å². The number of aromatic nitrogens is 2. The fourth-order valence-corrected chi connectivity index (χ4v) is 2.82. The molecule has 0 unspecified atom stereocenters. The van der Waals surface area contributed by atoms with E-state index in [9.17, 15) is 4.79 Å². The number of amides is 1. The second-order valence-corrected chi connectivity index (χ2v) is 7.67. The summed E-state index contributed by atoms with van der Waals surface area (Å²) in [6.07, 6.45) is 4.91. The van der Waals surface area contributed by atoms with Crippen molar-refractivity contribution in [1.82, 2.24) is 14.9 Å². The lowest BCUT2D eigenvalue weighted by molar-refractivity contribution is 0.0783. The van der Waals surface area contributed by atoms with Gasteiger partial charge in [-0.2, -0.15) is 0 Å². The van der Waals surface area contributed by atoms with Crippen molar-refractivity contribution in [3.8, 4) is 16.9 Å². The Morgan fingerprint density at radius 2 is 1.57 bits per heavy atom. The van der Waals surface area contributed by atoms with Crippen molar-refractivity contribution in [2.24, 2.45) is 0 Å². The molecule has 3 rings (SSSR count). The topological polar surface area (TPSA) is 55.3 Å². The third-order valence-electron chi connectivity index (χ3n) is 4.11. The van der Waals surface area contributed by atoms with Gasteiger partial charge in [0.25, 0.3) is 5.91 Å². The van der Waals surface area contributed by atoms with E-state index in [2.05, 4.69) is 9.97 Å². The van der Waals surface area contributed by atoms with Gasteiger partial charge in [0.1, 0.15) is 11.4 Å². The maximum atomic E-state index is 12.6. The molecule has 0 N–H and O–H groups in total. The second-order valence-electron chi connectivity index (χ2n) is 7.67. The van der Waals surface area contributed by atoms with Gasteiger partial charge in [0.05, 0.1) is 18.4 Å². The average molecular weight is 375 g/mol. The molecule has 0 aliphatic carbocycles. The first kappa shape index (κ1) is 19.5. The molecule has 1 heterocycles. The summed E-state index contributed by atoms with van der Waals surface area (Å²) in [6.45, 7) is 6.50. The van der Waals surface area contributed by atoms with Crippen molar-refractivity contribution >= 4 is 5.91 Å². The maximum absolute atomic E-state index is 12.6. The van der Waals surface area contributed by atoms with Gasteiger partial charge in [0.15, 0.2) is 0 Å². The average Bonchev–Trinajstić information content (AvgIpc) is 2.68. The predicted molar refractivity (Wildman–Crippen MR) is 110 cm³/mol. The van der Waals surface area contributed by atoms with Crippen molar-refractivity contribution < 1.29 is 9.53 Å². The van der Waals surface area contributed by atoms with Crippen LogP contribution in [0.1, 0.15) is 36.8 Å². The van der Waals surface area contributed by atoms with Crippen LogP contribution in [0.2, 0.25) is 0 Å². The lowest BCUT2D eigenvalue weighted by Crippen LogP contribution is -2.26. The molecule has 144 valence electrons. The van der Waals surface area contributed by atoms with Gasteiger partial charge in [-0.1, -0.05) is 24.3 Å². The van der Waals surface area contributed by atoms with E-state index in [0.717, 1.165) is 22.6 Å². The van der Waals surface area contributed by atoms with E-state index in [1.54, 1.807) is 30.5 Å². The van der Waals surface area contributed by atoms with E-state index in [1.807, 2.05) is 69.3 Å². The first-order valence-corrected chi connectivity index (χ1v) is 9.22. The fraction of sp³-hybridized carbons (Fsp3) is 0.261. The number of carbonyl (C=O) groups is 1. The van der Waals surface area contributed by atoms with Crippen molar-refractivity contribution in [3.63, 3.8) is 0 Å². The highest BCUT2D eigenvalue weighted by molar-refractivity contribution is 5.94. The van der Waals surface area contributed by atoms with Gasteiger partial charge < -0.3 is 9.64 Å². The lowest BCUT2D eigenvalue weighted by Gasteiger charge is -2.21. The summed E-state index contributed by atoms with van der Waals surface area (Å²) in [4.78, 5) is 22.5. The Bertz CT molecular complexity index is 915. The minimum absolute atomic E-state index is 0.0499. The number of carbonyl (C=O) groups excluding carboxylic acids is 1. The molecule has 1 amide bonds. The number of hydrogen-bond donors (Lipinski definition) is 0. The maximum Gasteiger partial charge on any atom is 0.253 e. The van der Waals surface area contributed by atoms with Crippen LogP contribution in [0.5, 0.6) is 5.75 Å². The lowest BCUT2D eigenvalue weighted by atomic mass is 10.0. The summed E-state index contributed by atoms with van der Waals surface area (Å²) in [7, 11) is 1.76. The van der Waals surface area contributed by atoms with Gasteiger partial charge in [0, 0.05) is 25.0 Å². The van der Waals surface area contributed by atoms with Crippen LogP contribution in [-0.2, 0) is 6.54 Å². The van der Waals surface area contributed by atoms with Gasteiger partial charge in [-0.3, -0.25) is 14.8 Å². The van der Waals surface area contributed by atoms with Crippen LogP contribution in [0.4, 0.5) is 0 Å². The van der Waals surface area contributed by atoms with Crippen LogP contribution < -0.4 is 4.74 Å². The summed E-state index contributed by atoms with van der Waals surface area (Å²) in [5.74, 6) is 0.791. The van der Waals surface area contributed by atoms with Crippen molar-refractivity contribution in [2.75, 3.05) is 7.05 Å². The molecule has 0 bridgehead atoms. The monoisotopic (exact) mass is 375 g/mol.